The van der Waals surface area contributed by atoms with Crippen LogP contribution in [0.1, 0.15) is 27.6 Å². The third-order valence-corrected chi connectivity index (χ3v) is 2.43. The number of carboxylic acids is 1. The Hall–Kier alpha value is -2.21. The summed E-state index contributed by atoms with van der Waals surface area (Å²) in [5.41, 5.74) is 1.02. The molecule has 0 aliphatic heterocycles. The van der Waals surface area contributed by atoms with Crippen molar-refractivity contribution < 1.29 is 14.3 Å². The van der Waals surface area contributed by atoms with Gasteiger partial charge in [0.2, 0.25) is 0 Å². The van der Waals surface area contributed by atoms with E-state index in [9.17, 15) is 4.79 Å². The quantitative estimate of drug-likeness (QED) is 0.829. The topological polar surface area (TPSA) is 88.3 Å². The maximum absolute atomic E-state index is 10.8. The number of aromatic nitrogens is 2. The zero-order valence-electron chi connectivity index (χ0n) is 9.88. The molecule has 0 fully saturated rings. The summed E-state index contributed by atoms with van der Waals surface area (Å²) in [5, 5.41) is 19.7. The zero-order chi connectivity index (χ0) is 13.0. The van der Waals surface area contributed by atoms with E-state index in [1.165, 1.54) is 6.07 Å². The van der Waals surface area contributed by atoms with Crippen LogP contribution >= 0.6 is 0 Å². The van der Waals surface area contributed by atoms with Crippen LogP contribution in [0, 0.1) is 6.92 Å². The zero-order valence-corrected chi connectivity index (χ0v) is 9.88. The maximum Gasteiger partial charge on any atom is 0.339 e. The number of aryl methyl sites for hydroxylation is 1. The number of carbonyl (C=O) groups is 1. The van der Waals surface area contributed by atoms with E-state index in [4.69, 9.17) is 9.52 Å². The summed E-state index contributed by atoms with van der Waals surface area (Å²) in [6.45, 7) is 2.64. The summed E-state index contributed by atoms with van der Waals surface area (Å²) in [6, 6.07) is 5.20. The van der Waals surface area contributed by atoms with E-state index in [1.54, 1.807) is 13.1 Å². The minimum absolute atomic E-state index is 0.200. The van der Waals surface area contributed by atoms with E-state index in [2.05, 4.69) is 15.5 Å². The normalized spacial score (nSPS) is 10.5. The molecule has 6 nitrogen and oxygen atoms in total. The lowest BCUT2D eigenvalue weighted by Gasteiger charge is -2.00. The first-order valence-electron chi connectivity index (χ1n) is 5.46. The number of aromatic carboxylic acids is 1. The van der Waals surface area contributed by atoms with Crippen molar-refractivity contribution in [2.24, 2.45) is 0 Å². The summed E-state index contributed by atoms with van der Waals surface area (Å²) in [7, 11) is 0. The first-order chi connectivity index (χ1) is 8.66. The van der Waals surface area contributed by atoms with Crippen molar-refractivity contribution in [1.82, 2.24) is 15.5 Å². The maximum atomic E-state index is 10.8. The molecular formula is C12H13N3O3. The molecular weight excluding hydrogens is 234 g/mol. The van der Waals surface area contributed by atoms with Gasteiger partial charge in [0.1, 0.15) is 17.1 Å². The molecule has 0 saturated carbocycles. The third kappa shape index (κ3) is 2.92. The SMILES string of the molecule is Cc1oc(CNCc2cccnn2)cc1C(=O)O. The highest BCUT2D eigenvalue weighted by atomic mass is 16.4. The molecule has 0 radical (unpaired) electrons. The van der Waals surface area contributed by atoms with Gasteiger partial charge in [0.15, 0.2) is 0 Å². The van der Waals surface area contributed by atoms with Gasteiger partial charge in [-0.1, -0.05) is 0 Å². The number of nitrogens with one attached hydrogen (secondary N) is 1. The van der Waals surface area contributed by atoms with Gasteiger partial charge in [-0.2, -0.15) is 10.2 Å². The molecule has 6 heteroatoms. The summed E-state index contributed by atoms with van der Waals surface area (Å²) in [4.78, 5) is 10.8. The Kier molecular flexibility index (Phi) is 3.69. The van der Waals surface area contributed by atoms with Gasteiger partial charge < -0.3 is 14.8 Å². The summed E-state index contributed by atoms with van der Waals surface area (Å²) < 4.78 is 5.33. The third-order valence-electron chi connectivity index (χ3n) is 2.43. The second-order valence-electron chi connectivity index (χ2n) is 3.81. The van der Waals surface area contributed by atoms with Crippen molar-refractivity contribution in [2.45, 2.75) is 20.0 Å². The molecule has 94 valence electrons. The number of hydrogen-bond donors (Lipinski definition) is 2. The van der Waals surface area contributed by atoms with Crippen molar-refractivity contribution in [3.05, 3.63) is 47.2 Å². The lowest BCUT2D eigenvalue weighted by atomic mass is 10.2. The Labute approximate surface area is 104 Å². The van der Waals surface area contributed by atoms with Crippen LogP contribution in [0.4, 0.5) is 0 Å². The van der Waals surface area contributed by atoms with Crippen LogP contribution in [0.2, 0.25) is 0 Å². The van der Waals surface area contributed by atoms with E-state index in [-0.39, 0.29) is 5.56 Å². The molecule has 2 heterocycles. The van der Waals surface area contributed by atoms with E-state index in [0.29, 0.717) is 24.6 Å². The predicted octanol–water partition coefficient (Wildman–Crippen LogP) is 1.37. The fraction of sp³-hybridized carbons (Fsp3) is 0.250. The van der Waals surface area contributed by atoms with Crippen LogP contribution in [-0.2, 0) is 13.1 Å². The van der Waals surface area contributed by atoms with Crippen molar-refractivity contribution in [1.29, 1.82) is 0 Å². The monoisotopic (exact) mass is 247 g/mol. The van der Waals surface area contributed by atoms with Crippen molar-refractivity contribution in [3.8, 4) is 0 Å². The van der Waals surface area contributed by atoms with E-state index < -0.39 is 5.97 Å². The smallest absolute Gasteiger partial charge is 0.339 e. The highest BCUT2D eigenvalue weighted by Gasteiger charge is 2.13. The summed E-state index contributed by atoms with van der Waals surface area (Å²) in [5.74, 6) is 0.0315. The van der Waals surface area contributed by atoms with Gasteiger partial charge >= 0.3 is 5.97 Å². The molecule has 0 unspecified atom stereocenters. The van der Waals surface area contributed by atoms with Gasteiger partial charge in [-0.3, -0.25) is 0 Å². The molecule has 18 heavy (non-hydrogen) atoms. The highest BCUT2D eigenvalue weighted by molar-refractivity contribution is 5.88. The number of furan rings is 1. The van der Waals surface area contributed by atoms with Crippen molar-refractivity contribution >= 4 is 5.97 Å². The Morgan fingerprint density at radius 2 is 2.33 bits per heavy atom. The molecule has 2 aromatic rings. The molecule has 0 amide bonds. The van der Waals surface area contributed by atoms with Gasteiger partial charge in [-0.15, -0.1) is 0 Å². The van der Waals surface area contributed by atoms with Crippen molar-refractivity contribution in [3.63, 3.8) is 0 Å². The number of carboxylic acid groups (broad SMARTS) is 1. The largest absolute Gasteiger partial charge is 0.478 e. The first-order valence-corrected chi connectivity index (χ1v) is 5.46. The lowest BCUT2D eigenvalue weighted by Crippen LogP contribution is -2.13. The van der Waals surface area contributed by atoms with E-state index in [1.807, 2.05) is 12.1 Å². The van der Waals surface area contributed by atoms with Gasteiger partial charge in [0.05, 0.1) is 12.2 Å². The highest BCUT2D eigenvalue weighted by Crippen LogP contribution is 2.14. The Balaban J connectivity index is 1.91. The first kappa shape index (κ1) is 12.3. The van der Waals surface area contributed by atoms with Gasteiger partial charge in [-0.25, -0.2) is 4.79 Å². The van der Waals surface area contributed by atoms with Crippen molar-refractivity contribution in [2.75, 3.05) is 0 Å². The van der Waals surface area contributed by atoms with Crippen LogP contribution in [0.25, 0.3) is 0 Å². The average Bonchev–Trinajstić information content (AvgIpc) is 2.72. The fourth-order valence-corrected chi connectivity index (χ4v) is 1.58. The fourth-order valence-electron chi connectivity index (χ4n) is 1.58. The Morgan fingerprint density at radius 3 is 2.94 bits per heavy atom. The number of nitrogens with zero attached hydrogens (tertiary/aromatic N) is 2. The average molecular weight is 247 g/mol. The summed E-state index contributed by atoms with van der Waals surface area (Å²) >= 11 is 0. The molecule has 2 rings (SSSR count). The number of rotatable bonds is 5. The lowest BCUT2D eigenvalue weighted by molar-refractivity contribution is 0.0695. The molecule has 0 aliphatic carbocycles. The molecule has 0 saturated heterocycles. The van der Waals surface area contributed by atoms with E-state index >= 15 is 0 Å². The van der Waals surface area contributed by atoms with Crippen LogP contribution in [-0.4, -0.2) is 21.3 Å². The standard InChI is InChI=1S/C12H13N3O3/c1-8-11(12(16)17)5-10(18-8)7-13-6-9-3-2-4-14-15-9/h2-5,13H,6-7H2,1H3,(H,16,17). The van der Waals surface area contributed by atoms with Gasteiger partial charge in [-0.05, 0) is 25.1 Å². The summed E-state index contributed by atoms with van der Waals surface area (Å²) in [6.07, 6.45) is 1.61. The Morgan fingerprint density at radius 1 is 1.50 bits per heavy atom. The molecule has 0 aromatic carbocycles. The second-order valence-corrected chi connectivity index (χ2v) is 3.81. The minimum atomic E-state index is -0.976. The van der Waals surface area contributed by atoms with E-state index in [0.717, 1.165) is 5.69 Å². The predicted molar refractivity (Wildman–Crippen MR) is 63.0 cm³/mol. The molecule has 2 aromatic heterocycles. The molecule has 0 bridgehead atoms. The molecule has 0 atom stereocenters. The molecule has 0 aliphatic rings. The minimum Gasteiger partial charge on any atom is -0.478 e. The van der Waals surface area contributed by atoms with Crippen LogP contribution in [0.3, 0.4) is 0 Å². The molecule has 0 spiro atoms. The Bertz CT molecular complexity index is 537. The van der Waals surface area contributed by atoms with Gasteiger partial charge in [0, 0.05) is 12.7 Å². The number of hydrogen-bond acceptors (Lipinski definition) is 5. The second kappa shape index (κ2) is 5.42. The van der Waals surface area contributed by atoms with Gasteiger partial charge in [0.25, 0.3) is 0 Å². The van der Waals surface area contributed by atoms with Crippen LogP contribution in [0.15, 0.2) is 28.8 Å². The van der Waals surface area contributed by atoms with Crippen LogP contribution in [0.5, 0.6) is 0 Å². The molecule has 2 N–H and O–H groups in total. The van der Waals surface area contributed by atoms with Crippen LogP contribution < -0.4 is 5.32 Å².